The molecule has 0 spiro atoms. The van der Waals surface area contributed by atoms with E-state index < -0.39 is 0 Å². The second-order valence-electron chi connectivity index (χ2n) is 3.93. The molecule has 2 saturated heterocycles. The number of piperazine rings is 1. The number of carbonyl (C=O) groups is 1. The van der Waals surface area contributed by atoms with Crippen LogP contribution in [0.1, 0.15) is 19.3 Å². The predicted molar refractivity (Wildman–Crippen MR) is 53.0 cm³/mol. The molecule has 4 nitrogen and oxygen atoms in total. The number of hydrogen-bond acceptors (Lipinski definition) is 3. The average Bonchev–Trinajstić information content (AvgIpc) is 2.30. The van der Waals surface area contributed by atoms with Crippen molar-refractivity contribution in [3.05, 3.63) is 0 Å². The molecular weight excluding hydrogens is 180 g/mol. The summed E-state index contributed by atoms with van der Waals surface area (Å²) in [5.41, 5.74) is 0. The van der Waals surface area contributed by atoms with E-state index in [1.807, 2.05) is 4.90 Å². The second-order valence-corrected chi connectivity index (χ2v) is 3.93. The van der Waals surface area contributed by atoms with Crippen molar-refractivity contribution in [2.45, 2.75) is 25.4 Å². The SMILES string of the molecule is O=C(C1CCCCO1)N1CCNCC1. The fraction of sp³-hybridized carbons (Fsp3) is 0.900. The summed E-state index contributed by atoms with van der Waals surface area (Å²) in [6, 6.07) is 0. The molecule has 0 aromatic carbocycles. The zero-order valence-electron chi connectivity index (χ0n) is 8.50. The molecule has 2 heterocycles. The van der Waals surface area contributed by atoms with E-state index in [4.69, 9.17) is 4.74 Å². The molecule has 0 aliphatic carbocycles. The van der Waals surface area contributed by atoms with Gasteiger partial charge in [-0.3, -0.25) is 4.79 Å². The maximum absolute atomic E-state index is 11.9. The summed E-state index contributed by atoms with van der Waals surface area (Å²) in [7, 11) is 0. The molecule has 1 unspecified atom stereocenters. The van der Waals surface area contributed by atoms with Crippen LogP contribution in [0.15, 0.2) is 0 Å². The van der Waals surface area contributed by atoms with Crippen LogP contribution < -0.4 is 5.32 Å². The number of carbonyl (C=O) groups excluding carboxylic acids is 1. The van der Waals surface area contributed by atoms with Gasteiger partial charge in [0.25, 0.3) is 5.91 Å². The molecular formula is C10H18N2O2. The standard InChI is InChI=1S/C10H18N2O2/c13-10(9-3-1-2-8-14-9)12-6-4-11-5-7-12/h9,11H,1-8H2. The summed E-state index contributed by atoms with van der Waals surface area (Å²) >= 11 is 0. The van der Waals surface area contributed by atoms with Crippen LogP contribution in [-0.2, 0) is 9.53 Å². The van der Waals surface area contributed by atoms with Crippen LogP contribution in [0.2, 0.25) is 0 Å². The van der Waals surface area contributed by atoms with E-state index in [9.17, 15) is 4.79 Å². The second kappa shape index (κ2) is 4.75. The monoisotopic (exact) mass is 198 g/mol. The number of nitrogens with one attached hydrogen (secondary N) is 1. The Balaban J connectivity index is 1.85. The highest BCUT2D eigenvalue weighted by Gasteiger charge is 2.27. The third-order valence-electron chi connectivity index (χ3n) is 2.88. The first kappa shape index (κ1) is 9.93. The molecule has 0 saturated carbocycles. The van der Waals surface area contributed by atoms with E-state index in [1.165, 1.54) is 0 Å². The molecule has 1 atom stereocenters. The van der Waals surface area contributed by atoms with Gasteiger partial charge >= 0.3 is 0 Å². The lowest BCUT2D eigenvalue weighted by molar-refractivity contribution is -0.147. The fourth-order valence-corrected chi connectivity index (χ4v) is 2.02. The lowest BCUT2D eigenvalue weighted by Crippen LogP contribution is -2.50. The Morgan fingerprint density at radius 2 is 2.07 bits per heavy atom. The zero-order valence-corrected chi connectivity index (χ0v) is 8.50. The first-order chi connectivity index (χ1) is 6.88. The smallest absolute Gasteiger partial charge is 0.251 e. The third kappa shape index (κ3) is 2.25. The van der Waals surface area contributed by atoms with Crippen molar-refractivity contribution >= 4 is 5.91 Å². The van der Waals surface area contributed by atoms with Crippen LogP contribution in [0.4, 0.5) is 0 Å². The number of ether oxygens (including phenoxy) is 1. The Hall–Kier alpha value is -0.610. The Kier molecular flexibility index (Phi) is 3.37. The molecule has 2 aliphatic rings. The molecule has 0 aromatic heterocycles. The van der Waals surface area contributed by atoms with E-state index in [2.05, 4.69) is 5.32 Å². The minimum atomic E-state index is -0.151. The summed E-state index contributed by atoms with van der Waals surface area (Å²) < 4.78 is 5.48. The molecule has 0 radical (unpaired) electrons. The van der Waals surface area contributed by atoms with Gasteiger partial charge in [-0.1, -0.05) is 0 Å². The summed E-state index contributed by atoms with van der Waals surface area (Å²) in [5, 5.41) is 3.24. The molecule has 14 heavy (non-hydrogen) atoms. The van der Waals surface area contributed by atoms with Gasteiger partial charge in [0.15, 0.2) is 0 Å². The zero-order chi connectivity index (χ0) is 9.80. The lowest BCUT2D eigenvalue weighted by Gasteiger charge is -2.32. The van der Waals surface area contributed by atoms with E-state index in [1.54, 1.807) is 0 Å². The molecule has 2 aliphatic heterocycles. The summed E-state index contributed by atoms with van der Waals surface area (Å²) in [6.45, 7) is 4.25. The molecule has 80 valence electrons. The molecule has 0 bridgehead atoms. The van der Waals surface area contributed by atoms with Crippen molar-refractivity contribution in [3.63, 3.8) is 0 Å². The normalized spacial score (nSPS) is 28.9. The molecule has 2 rings (SSSR count). The molecule has 1 N–H and O–H groups in total. The van der Waals surface area contributed by atoms with Gasteiger partial charge in [0.2, 0.25) is 0 Å². The predicted octanol–water partition coefficient (Wildman–Crippen LogP) is -0.0127. The van der Waals surface area contributed by atoms with Crippen molar-refractivity contribution in [3.8, 4) is 0 Å². The van der Waals surface area contributed by atoms with Crippen molar-refractivity contribution < 1.29 is 9.53 Å². The lowest BCUT2D eigenvalue weighted by atomic mass is 10.1. The molecule has 2 fully saturated rings. The number of hydrogen-bond donors (Lipinski definition) is 1. The maximum atomic E-state index is 11.9. The van der Waals surface area contributed by atoms with Crippen molar-refractivity contribution in [1.29, 1.82) is 0 Å². The van der Waals surface area contributed by atoms with Crippen LogP contribution in [0.3, 0.4) is 0 Å². The highest BCUT2D eigenvalue weighted by atomic mass is 16.5. The first-order valence-corrected chi connectivity index (χ1v) is 5.49. The van der Waals surface area contributed by atoms with E-state index in [0.29, 0.717) is 0 Å². The number of rotatable bonds is 1. The third-order valence-corrected chi connectivity index (χ3v) is 2.88. The van der Waals surface area contributed by atoms with Gasteiger partial charge in [-0.05, 0) is 19.3 Å². The topological polar surface area (TPSA) is 41.6 Å². The Labute approximate surface area is 84.6 Å². The first-order valence-electron chi connectivity index (χ1n) is 5.49. The summed E-state index contributed by atoms with van der Waals surface area (Å²) in [4.78, 5) is 13.8. The van der Waals surface area contributed by atoms with Crippen LogP contribution >= 0.6 is 0 Å². The maximum Gasteiger partial charge on any atom is 0.251 e. The highest BCUT2D eigenvalue weighted by Crippen LogP contribution is 2.15. The minimum absolute atomic E-state index is 0.151. The summed E-state index contributed by atoms with van der Waals surface area (Å²) in [5.74, 6) is 0.200. The van der Waals surface area contributed by atoms with Crippen molar-refractivity contribution in [1.82, 2.24) is 10.2 Å². The van der Waals surface area contributed by atoms with Crippen LogP contribution in [0, 0.1) is 0 Å². The van der Waals surface area contributed by atoms with Gasteiger partial charge in [-0.2, -0.15) is 0 Å². The van der Waals surface area contributed by atoms with Crippen molar-refractivity contribution in [2.24, 2.45) is 0 Å². The Morgan fingerprint density at radius 1 is 1.29 bits per heavy atom. The minimum Gasteiger partial charge on any atom is -0.368 e. The number of nitrogens with zero attached hydrogens (tertiary/aromatic N) is 1. The van der Waals surface area contributed by atoms with Gasteiger partial charge in [0.1, 0.15) is 6.10 Å². The van der Waals surface area contributed by atoms with Gasteiger partial charge in [-0.25, -0.2) is 0 Å². The van der Waals surface area contributed by atoms with Gasteiger partial charge in [-0.15, -0.1) is 0 Å². The Bertz CT molecular complexity index is 176. The van der Waals surface area contributed by atoms with Crippen molar-refractivity contribution in [2.75, 3.05) is 32.8 Å². The highest BCUT2D eigenvalue weighted by molar-refractivity contribution is 5.81. The number of amides is 1. The largest absolute Gasteiger partial charge is 0.368 e. The molecule has 1 amide bonds. The summed E-state index contributed by atoms with van der Waals surface area (Å²) in [6.07, 6.45) is 2.98. The molecule has 4 heteroatoms. The van der Waals surface area contributed by atoms with E-state index >= 15 is 0 Å². The van der Waals surface area contributed by atoms with E-state index in [0.717, 1.165) is 52.0 Å². The van der Waals surface area contributed by atoms with E-state index in [-0.39, 0.29) is 12.0 Å². The van der Waals surface area contributed by atoms with Gasteiger partial charge in [0.05, 0.1) is 0 Å². The van der Waals surface area contributed by atoms with Crippen LogP contribution in [-0.4, -0.2) is 49.7 Å². The Morgan fingerprint density at radius 3 is 2.71 bits per heavy atom. The average molecular weight is 198 g/mol. The molecule has 0 aromatic rings. The van der Waals surface area contributed by atoms with Gasteiger partial charge < -0.3 is 15.0 Å². The quantitative estimate of drug-likeness (QED) is 0.644. The van der Waals surface area contributed by atoms with Crippen LogP contribution in [0.5, 0.6) is 0 Å². The fourth-order valence-electron chi connectivity index (χ4n) is 2.02. The van der Waals surface area contributed by atoms with Gasteiger partial charge in [0, 0.05) is 32.8 Å². The van der Waals surface area contributed by atoms with Crippen LogP contribution in [0.25, 0.3) is 0 Å².